The molecule has 5 nitrogen and oxygen atoms in total. The van der Waals surface area contributed by atoms with Gasteiger partial charge < -0.3 is 15.3 Å². The zero-order valence-corrected chi connectivity index (χ0v) is 11.8. The summed E-state index contributed by atoms with van der Waals surface area (Å²) in [6.07, 6.45) is 1.82. The van der Waals surface area contributed by atoms with Crippen molar-refractivity contribution in [3.63, 3.8) is 0 Å². The van der Waals surface area contributed by atoms with E-state index in [-0.39, 0.29) is 23.4 Å². The molecule has 0 radical (unpaired) electrons. The first-order valence-corrected chi connectivity index (χ1v) is 6.83. The molecule has 2 N–H and O–H groups in total. The Bertz CT molecular complexity index is 528. The van der Waals surface area contributed by atoms with Gasteiger partial charge in [-0.25, -0.2) is 0 Å². The van der Waals surface area contributed by atoms with Gasteiger partial charge in [0, 0.05) is 31.9 Å². The van der Waals surface area contributed by atoms with E-state index in [0.29, 0.717) is 12.1 Å². The minimum absolute atomic E-state index is 0.00272. The second kappa shape index (κ2) is 5.94. The summed E-state index contributed by atoms with van der Waals surface area (Å²) in [5.74, 6) is -0.129. The maximum atomic E-state index is 11.7. The van der Waals surface area contributed by atoms with Crippen LogP contribution >= 0.6 is 0 Å². The van der Waals surface area contributed by atoms with Crippen LogP contribution in [0, 0.1) is 5.92 Å². The number of anilines is 1. The van der Waals surface area contributed by atoms with Crippen LogP contribution in [0.1, 0.15) is 30.1 Å². The zero-order chi connectivity index (χ0) is 14.7. The molecule has 1 aromatic carbocycles. The molecule has 1 aliphatic rings. The number of benzene rings is 1. The maximum absolute atomic E-state index is 11.7. The largest absolute Gasteiger partial charge is 0.507 e. The van der Waals surface area contributed by atoms with E-state index in [2.05, 4.69) is 10.2 Å². The highest BCUT2D eigenvalue weighted by molar-refractivity contribution is 5.97. The summed E-state index contributed by atoms with van der Waals surface area (Å²) >= 11 is 0. The third-order valence-corrected chi connectivity index (χ3v) is 3.76. The predicted molar refractivity (Wildman–Crippen MR) is 77.1 cm³/mol. The second-order valence-electron chi connectivity index (χ2n) is 5.16. The Morgan fingerprint density at radius 3 is 2.75 bits per heavy atom. The lowest BCUT2D eigenvalue weighted by atomic mass is 9.96. The first kappa shape index (κ1) is 14.4. The van der Waals surface area contributed by atoms with Gasteiger partial charge in [0.15, 0.2) is 5.78 Å². The standard InChI is InChI=1S/C15H20N2O3/c1-10(18)13-6-5-12(8-14(13)19)17-7-3-4-11(9-17)15(20)16-2/h5-6,8,11,19H,3-4,7,9H2,1-2H3,(H,16,20). The number of nitrogens with zero attached hydrogens (tertiary/aromatic N) is 1. The van der Waals surface area contributed by atoms with Gasteiger partial charge >= 0.3 is 0 Å². The number of phenolic OH excluding ortho intramolecular Hbond substituents is 1. The summed E-state index contributed by atoms with van der Waals surface area (Å²) in [7, 11) is 1.65. The van der Waals surface area contributed by atoms with Crippen molar-refractivity contribution in [2.24, 2.45) is 5.92 Å². The molecule has 1 aromatic rings. The number of carbonyl (C=O) groups excluding carboxylic acids is 2. The number of phenols is 1. The molecule has 0 aromatic heterocycles. The van der Waals surface area contributed by atoms with Crippen LogP contribution in [-0.2, 0) is 4.79 Å². The van der Waals surface area contributed by atoms with Crippen LogP contribution in [0.4, 0.5) is 5.69 Å². The molecule has 1 saturated heterocycles. The van der Waals surface area contributed by atoms with Crippen LogP contribution in [0.15, 0.2) is 18.2 Å². The number of piperidine rings is 1. The minimum atomic E-state index is -0.157. The molecule has 1 fully saturated rings. The predicted octanol–water partition coefficient (Wildman–Crippen LogP) is 1.56. The van der Waals surface area contributed by atoms with Crippen molar-refractivity contribution in [2.75, 3.05) is 25.0 Å². The number of Topliss-reactive ketones (excluding diaryl/α,β-unsaturated/α-hetero) is 1. The molecule has 1 heterocycles. The van der Waals surface area contributed by atoms with Crippen LogP contribution in [0.5, 0.6) is 5.75 Å². The average Bonchev–Trinajstić information content (AvgIpc) is 2.46. The highest BCUT2D eigenvalue weighted by atomic mass is 16.3. The molecule has 1 aliphatic heterocycles. The molecule has 0 aliphatic carbocycles. The number of ketones is 1. The van der Waals surface area contributed by atoms with Gasteiger partial charge in [0.1, 0.15) is 5.75 Å². The molecule has 0 saturated carbocycles. The number of amides is 1. The smallest absolute Gasteiger partial charge is 0.224 e. The molecule has 1 atom stereocenters. The van der Waals surface area contributed by atoms with E-state index in [1.807, 2.05) is 6.07 Å². The molecule has 5 heteroatoms. The van der Waals surface area contributed by atoms with E-state index in [0.717, 1.165) is 25.1 Å². The highest BCUT2D eigenvalue weighted by Crippen LogP contribution is 2.28. The molecule has 0 spiro atoms. The van der Waals surface area contributed by atoms with Crippen molar-refractivity contribution < 1.29 is 14.7 Å². The average molecular weight is 276 g/mol. The fraction of sp³-hybridized carbons (Fsp3) is 0.467. The van der Waals surface area contributed by atoms with Gasteiger partial charge in [-0.05, 0) is 31.9 Å². The van der Waals surface area contributed by atoms with Gasteiger partial charge in [-0.2, -0.15) is 0 Å². The van der Waals surface area contributed by atoms with Crippen LogP contribution in [0.2, 0.25) is 0 Å². The van der Waals surface area contributed by atoms with Gasteiger partial charge in [0.2, 0.25) is 5.91 Å². The summed E-state index contributed by atoms with van der Waals surface area (Å²) in [5, 5.41) is 12.6. The third kappa shape index (κ3) is 2.92. The van der Waals surface area contributed by atoms with E-state index >= 15 is 0 Å². The van der Waals surface area contributed by atoms with E-state index in [1.165, 1.54) is 6.92 Å². The monoisotopic (exact) mass is 276 g/mol. The molecule has 20 heavy (non-hydrogen) atoms. The fourth-order valence-corrected chi connectivity index (χ4v) is 2.64. The molecule has 1 unspecified atom stereocenters. The minimum Gasteiger partial charge on any atom is -0.507 e. The topological polar surface area (TPSA) is 69.6 Å². The lowest BCUT2D eigenvalue weighted by molar-refractivity contribution is -0.124. The van der Waals surface area contributed by atoms with Gasteiger partial charge in [0.25, 0.3) is 0 Å². The molecule has 1 amide bonds. The number of carbonyl (C=O) groups is 2. The van der Waals surface area contributed by atoms with Crippen molar-refractivity contribution in [3.05, 3.63) is 23.8 Å². The summed E-state index contributed by atoms with van der Waals surface area (Å²) in [6, 6.07) is 5.06. The van der Waals surface area contributed by atoms with Crippen LogP contribution in [0.3, 0.4) is 0 Å². The number of nitrogens with one attached hydrogen (secondary N) is 1. The molecule has 108 valence electrons. The van der Waals surface area contributed by atoms with Crippen molar-refractivity contribution in [1.29, 1.82) is 0 Å². The Morgan fingerprint density at radius 1 is 1.40 bits per heavy atom. The molecular weight excluding hydrogens is 256 g/mol. The van der Waals surface area contributed by atoms with Crippen LogP contribution in [-0.4, -0.2) is 36.9 Å². The number of hydrogen-bond donors (Lipinski definition) is 2. The van der Waals surface area contributed by atoms with E-state index < -0.39 is 0 Å². The normalized spacial score (nSPS) is 18.7. The third-order valence-electron chi connectivity index (χ3n) is 3.76. The summed E-state index contributed by atoms with van der Waals surface area (Å²) in [4.78, 5) is 25.1. The van der Waals surface area contributed by atoms with E-state index in [4.69, 9.17) is 0 Å². The lowest BCUT2D eigenvalue weighted by Crippen LogP contribution is -2.42. The van der Waals surface area contributed by atoms with Crippen molar-refractivity contribution in [2.45, 2.75) is 19.8 Å². The Morgan fingerprint density at radius 2 is 2.15 bits per heavy atom. The summed E-state index contributed by atoms with van der Waals surface area (Å²) in [5.41, 5.74) is 1.18. The fourth-order valence-electron chi connectivity index (χ4n) is 2.64. The van der Waals surface area contributed by atoms with Gasteiger partial charge in [-0.3, -0.25) is 9.59 Å². The Labute approximate surface area is 118 Å². The van der Waals surface area contributed by atoms with Crippen molar-refractivity contribution >= 4 is 17.4 Å². The Balaban J connectivity index is 2.17. The van der Waals surface area contributed by atoms with Crippen molar-refractivity contribution in [3.8, 4) is 5.75 Å². The van der Waals surface area contributed by atoms with Crippen LogP contribution < -0.4 is 10.2 Å². The number of aromatic hydroxyl groups is 1. The lowest BCUT2D eigenvalue weighted by Gasteiger charge is -2.33. The Kier molecular flexibility index (Phi) is 4.27. The Hall–Kier alpha value is -2.04. The zero-order valence-electron chi connectivity index (χ0n) is 11.8. The SMILES string of the molecule is CNC(=O)C1CCCN(c2ccc(C(C)=O)c(O)c2)C1. The van der Waals surface area contributed by atoms with E-state index in [9.17, 15) is 14.7 Å². The summed E-state index contributed by atoms with van der Waals surface area (Å²) in [6.45, 7) is 2.92. The number of hydrogen-bond acceptors (Lipinski definition) is 4. The van der Waals surface area contributed by atoms with E-state index in [1.54, 1.807) is 19.2 Å². The van der Waals surface area contributed by atoms with Gasteiger partial charge in [-0.15, -0.1) is 0 Å². The molecule has 2 rings (SSSR count). The quantitative estimate of drug-likeness (QED) is 0.822. The van der Waals surface area contributed by atoms with Gasteiger partial charge in [0.05, 0.1) is 11.5 Å². The first-order chi connectivity index (χ1) is 9.52. The highest BCUT2D eigenvalue weighted by Gasteiger charge is 2.25. The molecule has 0 bridgehead atoms. The number of rotatable bonds is 3. The van der Waals surface area contributed by atoms with Crippen LogP contribution in [0.25, 0.3) is 0 Å². The maximum Gasteiger partial charge on any atom is 0.224 e. The summed E-state index contributed by atoms with van der Waals surface area (Å²) < 4.78 is 0. The second-order valence-corrected chi connectivity index (χ2v) is 5.16. The molecular formula is C15H20N2O3. The first-order valence-electron chi connectivity index (χ1n) is 6.83. The van der Waals surface area contributed by atoms with Gasteiger partial charge in [-0.1, -0.05) is 0 Å². The van der Waals surface area contributed by atoms with Crippen molar-refractivity contribution in [1.82, 2.24) is 5.32 Å².